The second kappa shape index (κ2) is 6.60. The second-order valence-electron chi connectivity index (χ2n) is 6.31. The Kier molecular flexibility index (Phi) is 4.57. The number of H-pyrrole nitrogens is 1. The van der Waals surface area contributed by atoms with Crippen molar-refractivity contribution in [2.75, 3.05) is 32.7 Å². The van der Waals surface area contributed by atoms with Gasteiger partial charge in [-0.15, -0.1) is 0 Å². The summed E-state index contributed by atoms with van der Waals surface area (Å²) in [5, 5.41) is 0. The van der Waals surface area contributed by atoms with Crippen molar-refractivity contribution in [1.82, 2.24) is 19.8 Å². The van der Waals surface area contributed by atoms with Crippen molar-refractivity contribution >= 4 is 5.91 Å². The molecule has 1 amide bonds. The lowest BCUT2D eigenvalue weighted by atomic mass is 9.92. The number of amides is 1. The SMILES string of the molecule is CCN1CCC(C(=O)N2CCC(c3cc(=O)[nH]cn3)CC2)C1. The van der Waals surface area contributed by atoms with Crippen molar-refractivity contribution in [1.29, 1.82) is 0 Å². The Labute approximate surface area is 130 Å². The number of nitrogens with one attached hydrogen (secondary N) is 1. The van der Waals surface area contributed by atoms with Crippen LogP contribution in [0.15, 0.2) is 17.2 Å². The molecule has 2 saturated heterocycles. The molecule has 120 valence electrons. The van der Waals surface area contributed by atoms with Crippen molar-refractivity contribution < 1.29 is 4.79 Å². The van der Waals surface area contributed by atoms with E-state index in [1.165, 1.54) is 6.33 Å². The summed E-state index contributed by atoms with van der Waals surface area (Å²) in [6, 6.07) is 1.58. The van der Waals surface area contributed by atoms with E-state index in [0.717, 1.165) is 57.7 Å². The van der Waals surface area contributed by atoms with Gasteiger partial charge in [-0.2, -0.15) is 0 Å². The first-order chi connectivity index (χ1) is 10.7. The minimum Gasteiger partial charge on any atom is -0.342 e. The number of rotatable bonds is 3. The lowest BCUT2D eigenvalue weighted by Crippen LogP contribution is -2.42. The van der Waals surface area contributed by atoms with Crippen molar-refractivity contribution in [2.45, 2.75) is 32.1 Å². The normalized spacial score (nSPS) is 23.9. The molecule has 0 bridgehead atoms. The molecule has 2 fully saturated rings. The molecule has 0 spiro atoms. The molecule has 1 aromatic rings. The summed E-state index contributed by atoms with van der Waals surface area (Å²) in [6.07, 6.45) is 4.24. The first-order valence-corrected chi connectivity index (χ1v) is 8.23. The summed E-state index contributed by atoms with van der Waals surface area (Å²) in [6.45, 7) is 6.68. The molecule has 0 saturated carbocycles. The maximum absolute atomic E-state index is 12.6. The van der Waals surface area contributed by atoms with Crippen molar-refractivity contribution in [2.24, 2.45) is 5.92 Å². The highest BCUT2D eigenvalue weighted by Gasteiger charge is 2.33. The smallest absolute Gasteiger partial charge is 0.250 e. The molecule has 1 unspecified atom stereocenters. The summed E-state index contributed by atoms with van der Waals surface area (Å²) in [5.74, 6) is 0.782. The molecule has 6 nitrogen and oxygen atoms in total. The summed E-state index contributed by atoms with van der Waals surface area (Å²) in [4.78, 5) is 35.1. The van der Waals surface area contributed by atoms with Gasteiger partial charge in [0.05, 0.1) is 17.9 Å². The fourth-order valence-electron chi connectivity index (χ4n) is 3.58. The van der Waals surface area contributed by atoms with Gasteiger partial charge < -0.3 is 14.8 Å². The Hall–Kier alpha value is -1.69. The Balaban J connectivity index is 1.55. The fraction of sp³-hybridized carbons (Fsp3) is 0.688. The first kappa shape index (κ1) is 15.2. The highest BCUT2D eigenvalue weighted by molar-refractivity contribution is 5.79. The van der Waals surface area contributed by atoms with E-state index in [0.29, 0.717) is 11.8 Å². The molecule has 1 atom stereocenters. The molecule has 3 rings (SSSR count). The summed E-state index contributed by atoms with van der Waals surface area (Å²) < 4.78 is 0. The molecular weight excluding hydrogens is 280 g/mol. The minimum atomic E-state index is -0.103. The van der Waals surface area contributed by atoms with Gasteiger partial charge in [-0.05, 0) is 32.4 Å². The van der Waals surface area contributed by atoms with E-state index >= 15 is 0 Å². The third-order valence-corrected chi connectivity index (χ3v) is 4.99. The number of aromatic amines is 1. The molecule has 2 aliphatic heterocycles. The molecule has 22 heavy (non-hydrogen) atoms. The predicted octanol–water partition coefficient (Wildman–Crippen LogP) is 0.818. The monoisotopic (exact) mass is 304 g/mol. The summed E-state index contributed by atoms with van der Waals surface area (Å²) in [7, 11) is 0. The van der Waals surface area contributed by atoms with Gasteiger partial charge in [0, 0.05) is 31.6 Å². The van der Waals surface area contributed by atoms with Crippen molar-refractivity contribution in [3.8, 4) is 0 Å². The average molecular weight is 304 g/mol. The lowest BCUT2D eigenvalue weighted by Gasteiger charge is -2.33. The number of piperidine rings is 1. The van der Waals surface area contributed by atoms with Gasteiger partial charge in [-0.3, -0.25) is 9.59 Å². The van der Waals surface area contributed by atoms with Gasteiger partial charge in [0.25, 0.3) is 5.56 Å². The standard InChI is InChI=1S/C16H24N4O2/c1-2-19-6-3-13(10-19)16(22)20-7-4-12(5-8-20)14-9-15(21)18-11-17-14/h9,11-13H,2-8,10H2,1H3,(H,17,18,21). The second-order valence-corrected chi connectivity index (χ2v) is 6.31. The van der Waals surface area contributed by atoms with E-state index < -0.39 is 0 Å². The molecule has 1 aromatic heterocycles. The highest BCUT2D eigenvalue weighted by Crippen LogP contribution is 2.27. The van der Waals surface area contributed by atoms with E-state index in [9.17, 15) is 9.59 Å². The molecule has 0 aliphatic carbocycles. The van der Waals surface area contributed by atoms with Crippen molar-refractivity contribution in [3.05, 3.63) is 28.4 Å². The number of likely N-dealkylation sites (tertiary alicyclic amines) is 2. The zero-order chi connectivity index (χ0) is 15.5. The van der Waals surface area contributed by atoms with Crippen LogP contribution in [0.1, 0.15) is 37.8 Å². The number of carbonyl (C=O) groups is 1. The zero-order valence-electron chi connectivity index (χ0n) is 13.1. The van der Waals surface area contributed by atoms with Gasteiger partial charge >= 0.3 is 0 Å². The van der Waals surface area contributed by atoms with Crippen LogP contribution in [0.2, 0.25) is 0 Å². The van der Waals surface area contributed by atoms with Gasteiger partial charge in [0.2, 0.25) is 5.91 Å². The molecule has 0 aromatic carbocycles. The average Bonchev–Trinajstić information content (AvgIpc) is 3.03. The van der Waals surface area contributed by atoms with Crippen LogP contribution in [0.4, 0.5) is 0 Å². The lowest BCUT2D eigenvalue weighted by molar-refractivity contribution is -0.136. The van der Waals surface area contributed by atoms with Gasteiger partial charge in [0.1, 0.15) is 0 Å². The van der Waals surface area contributed by atoms with Gasteiger partial charge in [-0.25, -0.2) is 4.98 Å². The van der Waals surface area contributed by atoms with Crippen LogP contribution in [-0.4, -0.2) is 58.4 Å². The van der Waals surface area contributed by atoms with Crippen LogP contribution in [0.3, 0.4) is 0 Å². The summed E-state index contributed by atoms with van der Waals surface area (Å²) >= 11 is 0. The number of hydrogen-bond acceptors (Lipinski definition) is 4. The van der Waals surface area contributed by atoms with Crippen LogP contribution in [0, 0.1) is 5.92 Å². The van der Waals surface area contributed by atoms with E-state index in [-0.39, 0.29) is 11.5 Å². The van der Waals surface area contributed by atoms with Gasteiger partial charge in [0.15, 0.2) is 0 Å². The Bertz CT molecular complexity index is 578. The number of nitrogens with zero attached hydrogens (tertiary/aromatic N) is 3. The van der Waals surface area contributed by atoms with E-state index in [4.69, 9.17) is 0 Å². The third kappa shape index (κ3) is 3.21. The number of aromatic nitrogens is 2. The quantitative estimate of drug-likeness (QED) is 0.897. The minimum absolute atomic E-state index is 0.103. The molecule has 6 heteroatoms. The van der Waals surface area contributed by atoms with Crippen LogP contribution in [0.25, 0.3) is 0 Å². The van der Waals surface area contributed by atoms with Gasteiger partial charge in [-0.1, -0.05) is 6.92 Å². The van der Waals surface area contributed by atoms with E-state index in [2.05, 4.69) is 21.8 Å². The Morgan fingerprint density at radius 1 is 1.32 bits per heavy atom. The van der Waals surface area contributed by atoms with Crippen molar-refractivity contribution in [3.63, 3.8) is 0 Å². The summed E-state index contributed by atoms with van der Waals surface area (Å²) in [5.41, 5.74) is 0.753. The zero-order valence-corrected chi connectivity index (χ0v) is 13.1. The molecule has 3 heterocycles. The highest BCUT2D eigenvalue weighted by atomic mass is 16.2. The predicted molar refractivity (Wildman–Crippen MR) is 83.6 cm³/mol. The fourth-order valence-corrected chi connectivity index (χ4v) is 3.58. The topological polar surface area (TPSA) is 69.3 Å². The molecule has 0 radical (unpaired) electrons. The molecular formula is C16H24N4O2. The third-order valence-electron chi connectivity index (χ3n) is 4.99. The maximum Gasteiger partial charge on any atom is 0.250 e. The molecule has 2 aliphatic rings. The maximum atomic E-state index is 12.6. The van der Waals surface area contributed by atoms with E-state index in [1.54, 1.807) is 6.07 Å². The van der Waals surface area contributed by atoms with Crippen LogP contribution < -0.4 is 5.56 Å². The van der Waals surface area contributed by atoms with Crippen LogP contribution in [0.5, 0.6) is 0 Å². The Morgan fingerprint density at radius 3 is 2.73 bits per heavy atom. The van der Waals surface area contributed by atoms with E-state index in [1.807, 2.05) is 4.90 Å². The number of carbonyl (C=O) groups excluding carboxylic acids is 1. The van der Waals surface area contributed by atoms with Crippen LogP contribution in [-0.2, 0) is 4.79 Å². The number of hydrogen-bond donors (Lipinski definition) is 1. The van der Waals surface area contributed by atoms with Crippen LogP contribution >= 0.6 is 0 Å². The molecule has 1 N–H and O–H groups in total. The largest absolute Gasteiger partial charge is 0.342 e. The Morgan fingerprint density at radius 2 is 2.09 bits per heavy atom. The first-order valence-electron chi connectivity index (χ1n) is 8.23.